The molecule has 0 amide bonds. The fraction of sp³-hybridized carbons (Fsp3) is 0.143. The number of nitrogens with two attached hydrogens (primary N) is 1. The molecule has 0 radical (unpaired) electrons. The molecule has 0 saturated carbocycles. The molecular formula is C14H16N2O3S. The van der Waals surface area contributed by atoms with Gasteiger partial charge in [-0.05, 0) is 17.7 Å². The average molecular weight is 292 g/mol. The molecule has 5 nitrogen and oxygen atoms in total. The van der Waals surface area contributed by atoms with Gasteiger partial charge in [0.05, 0.1) is 12.3 Å². The maximum absolute atomic E-state index is 12.3. The number of anilines is 1. The van der Waals surface area contributed by atoms with Gasteiger partial charge in [-0.25, -0.2) is 8.42 Å². The Bertz CT molecular complexity index is 672. The van der Waals surface area contributed by atoms with Gasteiger partial charge in [-0.2, -0.15) is 0 Å². The van der Waals surface area contributed by atoms with E-state index in [2.05, 4.69) is 0 Å². The molecule has 20 heavy (non-hydrogen) atoms. The fourth-order valence-corrected chi connectivity index (χ4v) is 2.75. The number of benzene rings is 2. The van der Waals surface area contributed by atoms with Crippen molar-refractivity contribution in [1.82, 2.24) is 4.47 Å². The van der Waals surface area contributed by atoms with Crippen molar-refractivity contribution in [2.75, 3.05) is 12.8 Å². The van der Waals surface area contributed by atoms with E-state index < -0.39 is 10.0 Å². The number of hydrogen-bond acceptors (Lipinski definition) is 4. The highest BCUT2D eigenvalue weighted by Crippen LogP contribution is 2.21. The number of hydrogen-bond donors (Lipinski definition) is 1. The van der Waals surface area contributed by atoms with Crippen LogP contribution < -0.4 is 5.73 Å². The summed E-state index contributed by atoms with van der Waals surface area (Å²) in [4.78, 5) is 5.33. The maximum atomic E-state index is 12.3. The molecule has 106 valence electrons. The molecule has 6 heteroatoms. The first-order valence-electron chi connectivity index (χ1n) is 6.02. The Morgan fingerprint density at radius 1 is 1.05 bits per heavy atom. The maximum Gasteiger partial charge on any atom is 0.266 e. The molecule has 0 heterocycles. The highest BCUT2D eigenvalue weighted by Gasteiger charge is 2.23. The van der Waals surface area contributed by atoms with Gasteiger partial charge in [0.1, 0.15) is 4.90 Å². The summed E-state index contributed by atoms with van der Waals surface area (Å²) in [6.45, 7) is 0.170. The summed E-state index contributed by atoms with van der Waals surface area (Å²) in [7, 11) is -2.40. The van der Waals surface area contributed by atoms with Gasteiger partial charge >= 0.3 is 0 Å². The molecule has 0 aliphatic heterocycles. The predicted molar refractivity (Wildman–Crippen MR) is 77.0 cm³/mol. The smallest absolute Gasteiger partial charge is 0.266 e. The Kier molecular flexibility index (Phi) is 4.39. The lowest BCUT2D eigenvalue weighted by molar-refractivity contribution is -0.0769. The normalized spacial score (nSPS) is 11.7. The third-order valence-corrected chi connectivity index (χ3v) is 4.50. The summed E-state index contributed by atoms with van der Waals surface area (Å²) in [5.41, 5.74) is 6.77. The van der Waals surface area contributed by atoms with Crippen molar-refractivity contribution in [1.29, 1.82) is 0 Å². The van der Waals surface area contributed by atoms with Crippen LogP contribution in [0.4, 0.5) is 5.69 Å². The highest BCUT2D eigenvalue weighted by molar-refractivity contribution is 7.89. The van der Waals surface area contributed by atoms with Gasteiger partial charge in [0.15, 0.2) is 0 Å². The zero-order valence-electron chi connectivity index (χ0n) is 11.1. The van der Waals surface area contributed by atoms with E-state index >= 15 is 0 Å². The molecule has 0 aliphatic carbocycles. The minimum atomic E-state index is -3.75. The van der Waals surface area contributed by atoms with Crippen molar-refractivity contribution in [2.24, 2.45) is 0 Å². The van der Waals surface area contributed by atoms with Crippen LogP contribution in [0.3, 0.4) is 0 Å². The predicted octanol–water partition coefficient (Wildman–Crippen LogP) is 2.02. The second-order valence-corrected chi connectivity index (χ2v) is 6.12. The van der Waals surface area contributed by atoms with Gasteiger partial charge in [0.2, 0.25) is 0 Å². The molecule has 0 spiro atoms. The molecule has 0 fully saturated rings. The van der Waals surface area contributed by atoms with E-state index in [9.17, 15) is 8.42 Å². The SMILES string of the molecule is CN(OCc1ccccc1)S(=O)(=O)c1ccccc1N. The van der Waals surface area contributed by atoms with Crippen molar-refractivity contribution in [3.8, 4) is 0 Å². The van der Waals surface area contributed by atoms with Gasteiger partial charge in [-0.15, -0.1) is 0 Å². The summed E-state index contributed by atoms with van der Waals surface area (Å²) in [6, 6.07) is 15.6. The van der Waals surface area contributed by atoms with Crippen molar-refractivity contribution < 1.29 is 13.3 Å². The molecule has 0 bridgehead atoms. The number of hydroxylamine groups is 1. The molecule has 0 unspecified atom stereocenters. The van der Waals surface area contributed by atoms with Crippen molar-refractivity contribution in [3.63, 3.8) is 0 Å². The number of sulfonamides is 1. The average Bonchev–Trinajstić information content (AvgIpc) is 2.46. The van der Waals surface area contributed by atoms with E-state index in [1.165, 1.54) is 19.2 Å². The Labute approximate surface area is 118 Å². The van der Waals surface area contributed by atoms with Crippen LogP contribution in [0.2, 0.25) is 0 Å². The summed E-state index contributed by atoms with van der Waals surface area (Å²) in [5, 5.41) is 0. The first-order chi connectivity index (χ1) is 9.51. The lowest BCUT2D eigenvalue weighted by atomic mass is 10.2. The molecule has 0 aliphatic rings. The molecular weight excluding hydrogens is 276 g/mol. The molecule has 2 aromatic rings. The van der Waals surface area contributed by atoms with Crippen molar-refractivity contribution in [3.05, 3.63) is 60.2 Å². The van der Waals surface area contributed by atoms with Crippen LogP contribution in [0.25, 0.3) is 0 Å². The van der Waals surface area contributed by atoms with Crippen molar-refractivity contribution >= 4 is 15.7 Å². The summed E-state index contributed by atoms with van der Waals surface area (Å²) < 4.78 is 25.4. The van der Waals surface area contributed by atoms with Gasteiger partial charge in [0, 0.05) is 7.05 Å². The van der Waals surface area contributed by atoms with E-state index in [0.29, 0.717) is 0 Å². The Morgan fingerprint density at radius 2 is 1.65 bits per heavy atom. The first kappa shape index (κ1) is 14.5. The Hall–Kier alpha value is -1.89. The van der Waals surface area contributed by atoms with Gasteiger partial charge < -0.3 is 5.73 Å². The molecule has 0 aromatic heterocycles. The second-order valence-electron chi connectivity index (χ2n) is 4.21. The standard InChI is InChI=1S/C14H16N2O3S/c1-16(19-11-12-7-3-2-4-8-12)20(17,18)14-10-6-5-9-13(14)15/h2-10H,11,15H2,1H3. The molecule has 2 rings (SSSR count). The zero-order valence-corrected chi connectivity index (χ0v) is 11.9. The van der Waals surface area contributed by atoms with Gasteiger partial charge in [0.25, 0.3) is 10.0 Å². The second kappa shape index (κ2) is 6.04. The van der Waals surface area contributed by atoms with Gasteiger partial charge in [-0.3, -0.25) is 4.84 Å². The third-order valence-electron chi connectivity index (χ3n) is 2.79. The summed E-state index contributed by atoms with van der Waals surface area (Å²) in [6.07, 6.45) is 0. The van der Waals surface area contributed by atoms with Crippen LogP contribution in [-0.4, -0.2) is 19.9 Å². The Morgan fingerprint density at radius 3 is 2.30 bits per heavy atom. The van der Waals surface area contributed by atoms with Crippen LogP contribution in [0, 0.1) is 0 Å². The van der Waals surface area contributed by atoms with E-state index in [4.69, 9.17) is 10.6 Å². The van der Waals surface area contributed by atoms with Crippen LogP contribution >= 0.6 is 0 Å². The van der Waals surface area contributed by atoms with Crippen LogP contribution in [0.1, 0.15) is 5.56 Å². The number of rotatable bonds is 5. The van der Waals surface area contributed by atoms with E-state index in [0.717, 1.165) is 10.0 Å². The minimum Gasteiger partial charge on any atom is -0.398 e. The molecule has 2 aromatic carbocycles. The number of nitrogens with zero attached hydrogens (tertiary/aromatic N) is 1. The van der Waals surface area contributed by atoms with Crippen LogP contribution in [0.5, 0.6) is 0 Å². The topological polar surface area (TPSA) is 72.6 Å². The van der Waals surface area contributed by atoms with E-state index in [-0.39, 0.29) is 17.2 Å². The third kappa shape index (κ3) is 3.16. The van der Waals surface area contributed by atoms with Crippen molar-refractivity contribution in [2.45, 2.75) is 11.5 Å². The fourth-order valence-electron chi connectivity index (χ4n) is 1.66. The summed E-state index contributed by atoms with van der Waals surface area (Å²) in [5.74, 6) is 0. The summed E-state index contributed by atoms with van der Waals surface area (Å²) >= 11 is 0. The Balaban J connectivity index is 2.12. The number of nitrogen functional groups attached to an aromatic ring is 1. The minimum absolute atomic E-state index is 0.0376. The molecule has 0 atom stereocenters. The van der Waals surface area contributed by atoms with Gasteiger partial charge in [-0.1, -0.05) is 46.9 Å². The lowest BCUT2D eigenvalue weighted by Gasteiger charge is -2.17. The van der Waals surface area contributed by atoms with E-state index in [1.54, 1.807) is 12.1 Å². The monoisotopic (exact) mass is 292 g/mol. The molecule has 2 N–H and O–H groups in total. The molecule has 0 saturated heterocycles. The van der Waals surface area contributed by atoms with Crippen LogP contribution in [0.15, 0.2) is 59.5 Å². The largest absolute Gasteiger partial charge is 0.398 e. The van der Waals surface area contributed by atoms with Crippen LogP contribution in [-0.2, 0) is 21.5 Å². The zero-order chi connectivity index (χ0) is 14.6. The lowest BCUT2D eigenvalue weighted by Crippen LogP contribution is -2.27. The first-order valence-corrected chi connectivity index (χ1v) is 7.46. The highest BCUT2D eigenvalue weighted by atomic mass is 32.2. The number of para-hydroxylation sites is 1. The quantitative estimate of drug-likeness (QED) is 0.676. The van der Waals surface area contributed by atoms with E-state index in [1.807, 2.05) is 30.3 Å².